The van der Waals surface area contributed by atoms with E-state index >= 15 is 0 Å². The SMILES string of the molecule is Cc1cc(C)nc(NNC(=O)c2ccccc2OCC2CCCO2)n1. The molecule has 0 spiro atoms. The number of hydrogen-bond donors (Lipinski definition) is 2. The number of hydrogen-bond acceptors (Lipinski definition) is 6. The van der Waals surface area contributed by atoms with E-state index in [9.17, 15) is 4.79 Å². The quantitative estimate of drug-likeness (QED) is 0.784. The maximum Gasteiger partial charge on any atom is 0.273 e. The van der Waals surface area contributed by atoms with E-state index in [4.69, 9.17) is 9.47 Å². The summed E-state index contributed by atoms with van der Waals surface area (Å²) >= 11 is 0. The van der Waals surface area contributed by atoms with Crippen LogP contribution in [-0.4, -0.2) is 35.2 Å². The van der Waals surface area contributed by atoms with E-state index in [2.05, 4.69) is 20.8 Å². The van der Waals surface area contributed by atoms with E-state index < -0.39 is 0 Å². The molecule has 1 aromatic carbocycles. The van der Waals surface area contributed by atoms with Crippen molar-refractivity contribution < 1.29 is 14.3 Å². The number of carbonyl (C=O) groups is 1. The van der Waals surface area contributed by atoms with Gasteiger partial charge in [-0.1, -0.05) is 12.1 Å². The normalized spacial score (nSPS) is 16.5. The average Bonchev–Trinajstić information content (AvgIpc) is 3.11. The largest absolute Gasteiger partial charge is 0.490 e. The highest BCUT2D eigenvalue weighted by Gasteiger charge is 2.18. The number of anilines is 1. The maximum atomic E-state index is 12.5. The minimum Gasteiger partial charge on any atom is -0.490 e. The fraction of sp³-hybridized carbons (Fsp3) is 0.389. The van der Waals surface area contributed by atoms with Crippen LogP contribution in [0, 0.1) is 13.8 Å². The van der Waals surface area contributed by atoms with Gasteiger partial charge in [0.15, 0.2) is 0 Å². The van der Waals surface area contributed by atoms with Crippen LogP contribution in [0.4, 0.5) is 5.95 Å². The number of rotatable bonds is 6. The second-order valence-corrected chi connectivity index (χ2v) is 6.00. The fourth-order valence-electron chi connectivity index (χ4n) is 2.70. The number of hydrazine groups is 1. The van der Waals surface area contributed by atoms with Crippen molar-refractivity contribution in [2.24, 2.45) is 0 Å². The first-order valence-corrected chi connectivity index (χ1v) is 8.34. The summed E-state index contributed by atoms with van der Waals surface area (Å²) in [5.74, 6) is 0.563. The van der Waals surface area contributed by atoms with E-state index in [0.717, 1.165) is 30.8 Å². The van der Waals surface area contributed by atoms with Crippen molar-refractivity contribution in [1.29, 1.82) is 0 Å². The Hall–Kier alpha value is -2.67. The van der Waals surface area contributed by atoms with Gasteiger partial charge in [0, 0.05) is 18.0 Å². The number of ether oxygens (including phenoxy) is 2. The van der Waals surface area contributed by atoms with Crippen molar-refractivity contribution in [2.75, 3.05) is 18.6 Å². The first-order chi connectivity index (χ1) is 12.1. The van der Waals surface area contributed by atoms with Crippen LogP contribution in [0.3, 0.4) is 0 Å². The molecule has 0 saturated carbocycles. The highest BCUT2D eigenvalue weighted by atomic mass is 16.5. The lowest BCUT2D eigenvalue weighted by Crippen LogP contribution is -2.31. The van der Waals surface area contributed by atoms with Crippen molar-refractivity contribution in [3.63, 3.8) is 0 Å². The maximum absolute atomic E-state index is 12.5. The predicted molar refractivity (Wildman–Crippen MR) is 93.5 cm³/mol. The molecule has 0 bridgehead atoms. The van der Waals surface area contributed by atoms with Gasteiger partial charge in [0.1, 0.15) is 12.4 Å². The summed E-state index contributed by atoms with van der Waals surface area (Å²) in [6.45, 7) is 4.96. The van der Waals surface area contributed by atoms with Crippen molar-refractivity contribution in [2.45, 2.75) is 32.8 Å². The highest BCUT2D eigenvalue weighted by Crippen LogP contribution is 2.20. The molecule has 1 aliphatic heterocycles. The smallest absolute Gasteiger partial charge is 0.273 e. The van der Waals surface area contributed by atoms with Crippen LogP contribution in [-0.2, 0) is 4.74 Å². The average molecular weight is 342 g/mol. The first-order valence-electron chi connectivity index (χ1n) is 8.34. The van der Waals surface area contributed by atoms with Crippen molar-refractivity contribution >= 4 is 11.9 Å². The van der Waals surface area contributed by atoms with E-state index in [1.807, 2.05) is 26.0 Å². The van der Waals surface area contributed by atoms with Crippen molar-refractivity contribution in [3.8, 4) is 5.75 Å². The number of aromatic nitrogens is 2. The van der Waals surface area contributed by atoms with E-state index in [1.54, 1.807) is 18.2 Å². The Balaban J connectivity index is 1.63. The number of para-hydroxylation sites is 1. The van der Waals surface area contributed by atoms with E-state index in [0.29, 0.717) is 23.9 Å². The Morgan fingerprint density at radius 2 is 2.04 bits per heavy atom. The minimum atomic E-state index is -0.314. The summed E-state index contributed by atoms with van der Waals surface area (Å²) in [4.78, 5) is 20.9. The molecule has 1 fully saturated rings. The van der Waals surface area contributed by atoms with Crippen molar-refractivity contribution in [1.82, 2.24) is 15.4 Å². The molecule has 2 heterocycles. The summed E-state index contributed by atoms with van der Waals surface area (Å²) in [6.07, 6.45) is 2.13. The van der Waals surface area contributed by atoms with Gasteiger partial charge in [-0.25, -0.2) is 9.97 Å². The molecule has 3 rings (SSSR count). The van der Waals surface area contributed by atoms with E-state index in [-0.39, 0.29) is 12.0 Å². The molecular weight excluding hydrogens is 320 g/mol. The van der Waals surface area contributed by atoms with Gasteiger partial charge in [-0.2, -0.15) is 0 Å². The zero-order chi connectivity index (χ0) is 17.6. The van der Waals surface area contributed by atoms with Gasteiger partial charge < -0.3 is 9.47 Å². The zero-order valence-corrected chi connectivity index (χ0v) is 14.4. The molecule has 25 heavy (non-hydrogen) atoms. The predicted octanol–water partition coefficient (Wildman–Crippen LogP) is 2.41. The molecular formula is C18H22N4O3. The van der Waals surface area contributed by atoms with Gasteiger partial charge in [-0.05, 0) is 44.9 Å². The summed E-state index contributed by atoms with van der Waals surface area (Å²) in [5.41, 5.74) is 7.45. The Labute approximate surface area is 146 Å². The van der Waals surface area contributed by atoms with Gasteiger partial charge in [0.05, 0.1) is 11.7 Å². The van der Waals surface area contributed by atoms with Gasteiger partial charge >= 0.3 is 0 Å². The van der Waals surface area contributed by atoms with E-state index in [1.165, 1.54) is 0 Å². The lowest BCUT2D eigenvalue weighted by molar-refractivity contribution is 0.0671. The molecule has 0 aliphatic carbocycles. The summed E-state index contributed by atoms with van der Waals surface area (Å²) in [7, 11) is 0. The third-order valence-corrected chi connectivity index (χ3v) is 3.85. The number of nitrogens with zero attached hydrogens (tertiary/aromatic N) is 2. The molecule has 7 heteroatoms. The van der Waals surface area contributed by atoms with Gasteiger partial charge in [-0.15, -0.1) is 0 Å². The molecule has 1 amide bonds. The highest BCUT2D eigenvalue weighted by molar-refractivity contribution is 5.97. The topological polar surface area (TPSA) is 85.4 Å². The Morgan fingerprint density at radius 3 is 2.76 bits per heavy atom. The van der Waals surface area contributed by atoms with Gasteiger partial charge in [-0.3, -0.25) is 15.6 Å². The molecule has 1 aliphatic rings. The first kappa shape index (κ1) is 17.2. The monoisotopic (exact) mass is 342 g/mol. The number of nitrogens with one attached hydrogen (secondary N) is 2. The number of amides is 1. The molecule has 1 aromatic heterocycles. The lowest BCUT2D eigenvalue weighted by Gasteiger charge is -2.15. The zero-order valence-electron chi connectivity index (χ0n) is 14.4. The van der Waals surface area contributed by atoms with Crippen LogP contribution in [0.25, 0.3) is 0 Å². The lowest BCUT2D eigenvalue weighted by atomic mass is 10.2. The standard InChI is InChI=1S/C18H22N4O3/c1-12-10-13(2)20-18(19-12)22-21-17(23)15-7-3-4-8-16(15)25-11-14-6-5-9-24-14/h3-4,7-8,10,14H,5-6,9,11H2,1-2H3,(H,21,23)(H,19,20,22). The van der Waals surface area contributed by atoms with Crippen LogP contribution in [0.2, 0.25) is 0 Å². The molecule has 7 nitrogen and oxygen atoms in total. The minimum absolute atomic E-state index is 0.0953. The Bertz CT molecular complexity index is 725. The fourth-order valence-corrected chi connectivity index (χ4v) is 2.70. The summed E-state index contributed by atoms with van der Waals surface area (Å²) < 4.78 is 11.3. The second kappa shape index (κ2) is 7.94. The molecule has 2 N–H and O–H groups in total. The van der Waals surface area contributed by atoms with Gasteiger partial charge in [0.25, 0.3) is 5.91 Å². The molecule has 2 aromatic rings. The summed E-state index contributed by atoms with van der Waals surface area (Å²) in [5, 5.41) is 0. The van der Waals surface area contributed by atoms with Crippen LogP contribution in [0.1, 0.15) is 34.6 Å². The molecule has 1 atom stereocenters. The number of carbonyl (C=O) groups excluding carboxylic acids is 1. The van der Waals surface area contributed by atoms with Gasteiger partial charge in [0.2, 0.25) is 5.95 Å². The van der Waals surface area contributed by atoms with Crippen LogP contribution < -0.4 is 15.6 Å². The second-order valence-electron chi connectivity index (χ2n) is 6.00. The van der Waals surface area contributed by atoms with Crippen LogP contribution in [0.5, 0.6) is 5.75 Å². The van der Waals surface area contributed by atoms with Crippen LogP contribution >= 0.6 is 0 Å². The molecule has 1 unspecified atom stereocenters. The third kappa shape index (κ3) is 4.67. The molecule has 0 radical (unpaired) electrons. The number of aryl methyl sites for hydroxylation is 2. The Kier molecular flexibility index (Phi) is 5.45. The molecule has 132 valence electrons. The Morgan fingerprint density at radius 1 is 1.28 bits per heavy atom. The molecule has 1 saturated heterocycles. The van der Waals surface area contributed by atoms with Crippen molar-refractivity contribution in [3.05, 3.63) is 47.3 Å². The number of benzene rings is 1. The summed E-state index contributed by atoms with van der Waals surface area (Å²) in [6, 6.07) is 8.98. The van der Waals surface area contributed by atoms with Crippen LogP contribution in [0.15, 0.2) is 30.3 Å². The third-order valence-electron chi connectivity index (χ3n) is 3.85.